The third kappa shape index (κ3) is 18.6. The molecule has 0 N–H and O–H groups in total. The molecule has 27 heavy (non-hydrogen) atoms. The van der Waals surface area contributed by atoms with Crippen molar-refractivity contribution in [1.82, 2.24) is 0 Å². The van der Waals surface area contributed by atoms with Gasteiger partial charge in [0.15, 0.2) is 0 Å². The molecule has 0 radical (unpaired) electrons. The summed E-state index contributed by atoms with van der Waals surface area (Å²) in [6.45, 7) is 4.29. The molecule has 0 saturated carbocycles. The van der Waals surface area contributed by atoms with Crippen molar-refractivity contribution >= 4 is 13.8 Å². The molecule has 162 valence electrons. The highest BCUT2D eigenvalue weighted by Crippen LogP contribution is 2.38. The maximum absolute atomic E-state index is 11.8. The number of carbonyl (C=O) groups excluding carboxylic acids is 1. The van der Waals surface area contributed by atoms with Crippen molar-refractivity contribution in [3.8, 4) is 0 Å². The fraction of sp³-hybridized carbons (Fsp3) is 0.944. The van der Waals surface area contributed by atoms with Crippen LogP contribution >= 0.6 is 7.82 Å². The molecule has 8 nitrogen and oxygen atoms in total. The van der Waals surface area contributed by atoms with Crippen LogP contribution in [0.25, 0.3) is 0 Å². The second-order valence-electron chi connectivity index (χ2n) is 7.66. The highest BCUT2D eigenvalue weighted by Gasteiger charge is 2.19. The molecule has 0 saturated heterocycles. The highest BCUT2D eigenvalue weighted by atomic mass is 31.2. The minimum absolute atomic E-state index is 0.0248. The Morgan fingerprint density at radius 1 is 1.00 bits per heavy atom. The van der Waals surface area contributed by atoms with Crippen molar-refractivity contribution in [3.63, 3.8) is 0 Å². The number of esters is 1. The van der Waals surface area contributed by atoms with E-state index in [0.29, 0.717) is 17.6 Å². The van der Waals surface area contributed by atoms with E-state index in [1.165, 1.54) is 32.6 Å². The lowest BCUT2D eigenvalue weighted by Crippen LogP contribution is -2.37. The summed E-state index contributed by atoms with van der Waals surface area (Å²) < 4.78 is 32.6. The van der Waals surface area contributed by atoms with Gasteiger partial charge in [-0.1, -0.05) is 39.0 Å². The number of rotatable bonds is 17. The Morgan fingerprint density at radius 3 is 2.22 bits per heavy atom. The van der Waals surface area contributed by atoms with E-state index in [4.69, 9.17) is 18.5 Å². The molecule has 0 aromatic heterocycles. The van der Waals surface area contributed by atoms with Gasteiger partial charge < -0.3 is 27.9 Å². The van der Waals surface area contributed by atoms with Gasteiger partial charge in [-0.2, -0.15) is 0 Å². The fourth-order valence-corrected chi connectivity index (χ4v) is 2.92. The highest BCUT2D eigenvalue weighted by molar-refractivity contribution is 7.45. The maximum atomic E-state index is 11.8. The van der Waals surface area contributed by atoms with Gasteiger partial charge in [-0.3, -0.25) is 9.36 Å². The van der Waals surface area contributed by atoms with Crippen LogP contribution in [-0.4, -0.2) is 70.7 Å². The molecule has 0 spiro atoms. The van der Waals surface area contributed by atoms with E-state index in [2.05, 4.69) is 6.92 Å². The molecule has 0 aliphatic heterocycles. The summed E-state index contributed by atoms with van der Waals surface area (Å²) in [5.41, 5.74) is 0. The quantitative estimate of drug-likeness (QED) is 0.157. The predicted molar refractivity (Wildman–Crippen MR) is 102 cm³/mol. The number of quaternary nitrogens is 1. The molecule has 0 aromatic rings. The SMILES string of the molecule is CCCCCCCCOCC(COP(=O)([O-])OCC[N+](C)(C)C)OC(C)=O. The van der Waals surface area contributed by atoms with Crippen LogP contribution in [0.15, 0.2) is 0 Å². The molecular weight excluding hydrogens is 373 g/mol. The standard InChI is InChI=1S/C18H38NO7P/c1-6-7-8-9-10-11-13-23-15-18(26-17(2)20)16-25-27(21,22)24-14-12-19(3,4)5/h18H,6-16H2,1-5H3. The van der Waals surface area contributed by atoms with Crippen molar-refractivity contribution in [1.29, 1.82) is 0 Å². The van der Waals surface area contributed by atoms with Gasteiger partial charge in [0.25, 0.3) is 7.82 Å². The Bertz CT molecular complexity index is 440. The molecule has 0 amide bonds. The van der Waals surface area contributed by atoms with Crippen molar-refractivity contribution < 1.29 is 37.3 Å². The van der Waals surface area contributed by atoms with Gasteiger partial charge in [-0.05, 0) is 6.42 Å². The molecule has 2 unspecified atom stereocenters. The number of nitrogens with zero attached hydrogens (tertiary/aromatic N) is 1. The maximum Gasteiger partial charge on any atom is 0.303 e. The van der Waals surface area contributed by atoms with Crippen molar-refractivity contribution in [2.24, 2.45) is 0 Å². The van der Waals surface area contributed by atoms with Gasteiger partial charge in [0, 0.05) is 13.5 Å². The largest absolute Gasteiger partial charge is 0.756 e. The Labute approximate surface area is 164 Å². The zero-order valence-corrected chi connectivity index (χ0v) is 18.5. The van der Waals surface area contributed by atoms with Gasteiger partial charge >= 0.3 is 5.97 Å². The number of carbonyl (C=O) groups is 1. The summed E-state index contributed by atoms with van der Waals surface area (Å²) in [6, 6.07) is 0. The van der Waals surface area contributed by atoms with Gasteiger partial charge in [0.2, 0.25) is 0 Å². The molecule has 0 bridgehead atoms. The lowest BCUT2D eigenvalue weighted by molar-refractivity contribution is -0.870. The number of phosphoric acid groups is 1. The van der Waals surface area contributed by atoms with Gasteiger partial charge in [-0.25, -0.2) is 0 Å². The lowest BCUT2D eigenvalue weighted by atomic mass is 10.1. The first-order valence-electron chi connectivity index (χ1n) is 9.71. The first-order chi connectivity index (χ1) is 12.6. The number of ether oxygens (including phenoxy) is 2. The first kappa shape index (κ1) is 26.5. The third-order valence-corrected chi connectivity index (χ3v) is 4.67. The smallest absolute Gasteiger partial charge is 0.303 e. The van der Waals surface area contributed by atoms with Crippen LogP contribution in [0.2, 0.25) is 0 Å². The Morgan fingerprint density at radius 2 is 1.63 bits per heavy atom. The van der Waals surface area contributed by atoms with E-state index >= 15 is 0 Å². The van der Waals surface area contributed by atoms with E-state index in [-0.39, 0.29) is 19.8 Å². The third-order valence-electron chi connectivity index (χ3n) is 3.71. The van der Waals surface area contributed by atoms with Crippen molar-refractivity contribution in [3.05, 3.63) is 0 Å². The average molecular weight is 411 g/mol. The zero-order chi connectivity index (χ0) is 20.8. The van der Waals surface area contributed by atoms with Crippen LogP contribution in [0.4, 0.5) is 0 Å². The van der Waals surface area contributed by atoms with Gasteiger partial charge in [0.1, 0.15) is 19.3 Å². The topological polar surface area (TPSA) is 94.1 Å². The molecule has 0 fully saturated rings. The summed E-state index contributed by atoms with van der Waals surface area (Å²) in [4.78, 5) is 23.0. The van der Waals surface area contributed by atoms with Crippen molar-refractivity contribution in [2.75, 3.05) is 54.1 Å². The molecule has 2 atom stereocenters. The fourth-order valence-electron chi connectivity index (χ4n) is 2.19. The van der Waals surface area contributed by atoms with Crippen molar-refractivity contribution in [2.45, 2.75) is 58.5 Å². The number of hydrogen-bond donors (Lipinski definition) is 0. The lowest BCUT2D eigenvalue weighted by Gasteiger charge is -2.28. The second kappa shape index (κ2) is 14.5. The Hall–Kier alpha value is -0.500. The molecule has 0 aromatic carbocycles. The number of phosphoric ester groups is 1. The predicted octanol–water partition coefficient (Wildman–Crippen LogP) is 2.50. The second-order valence-corrected chi connectivity index (χ2v) is 9.08. The number of hydrogen-bond acceptors (Lipinski definition) is 7. The van der Waals surface area contributed by atoms with E-state index in [1.807, 2.05) is 21.1 Å². The molecule has 0 aliphatic rings. The molecule has 9 heteroatoms. The summed E-state index contributed by atoms with van der Waals surface area (Å²) in [5.74, 6) is -0.515. The van der Waals surface area contributed by atoms with Crippen LogP contribution in [0.5, 0.6) is 0 Å². The van der Waals surface area contributed by atoms with Gasteiger partial charge in [-0.15, -0.1) is 0 Å². The number of unbranched alkanes of at least 4 members (excludes halogenated alkanes) is 5. The monoisotopic (exact) mass is 411 g/mol. The summed E-state index contributed by atoms with van der Waals surface area (Å²) in [5, 5.41) is 0. The van der Waals surface area contributed by atoms with E-state index in [0.717, 1.165) is 12.8 Å². The van der Waals surface area contributed by atoms with E-state index < -0.39 is 19.9 Å². The summed E-state index contributed by atoms with van der Waals surface area (Å²) in [6.07, 6.45) is 6.09. The van der Waals surface area contributed by atoms with Crippen LogP contribution in [-0.2, 0) is 27.9 Å². The minimum atomic E-state index is -4.44. The van der Waals surface area contributed by atoms with Crippen LogP contribution in [0.1, 0.15) is 52.4 Å². The Kier molecular flexibility index (Phi) is 14.2. The van der Waals surface area contributed by atoms with Crippen LogP contribution in [0.3, 0.4) is 0 Å². The molecular formula is C18H38NO7P. The average Bonchev–Trinajstić information content (AvgIpc) is 2.53. The Balaban J connectivity index is 4.10. The molecule has 0 heterocycles. The molecule has 0 aliphatic carbocycles. The number of likely N-dealkylation sites (N-methyl/N-ethyl adjacent to an activating group) is 1. The normalized spacial score (nSPS) is 15.3. The van der Waals surface area contributed by atoms with E-state index in [1.54, 1.807) is 0 Å². The zero-order valence-electron chi connectivity index (χ0n) is 17.6. The minimum Gasteiger partial charge on any atom is -0.756 e. The first-order valence-corrected chi connectivity index (χ1v) is 11.2. The van der Waals surface area contributed by atoms with Crippen LogP contribution < -0.4 is 4.89 Å². The summed E-state index contributed by atoms with van der Waals surface area (Å²) in [7, 11) is 1.34. The molecule has 0 rings (SSSR count). The van der Waals surface area contributed by atoms with Gasteiger partial charge in [0.05, 0.1) is 34.4 Å². The van der Waals surface area contributed by atoms with Crippen LogP contribution in [0, 0.1) is 0 Å². The van der Waals surface area contributed by atoms with E-state index in [9.17, 15) is 14.3 Å². The summed E-state index contributed by atoms with van der Waals surface area (Å²) >= 11 is 0.